The monoisotopic (exact) mass is 357 g/mol. The molecule has 0 fully saturated rings. The number of aryl methyl sites for hydroxylation is 1. The normalized spacial score (nSPS) is 11.0. The standard InChI is InChI=1S/C22H19N3O2/c1-2-20-19(21-23-12-5-13-25(21)24-20)14-15-8-10-16(11-9-15)17-6-3-4-7-18(17)22(26)27/h3-13H,2,14H2,1H3,(H,26,27). The van der Waals surface area contributed by atoms with Crippen molar-refractivity contribution >= 4 is 11.6 Å². The van der Waals surface area contributed by atoms with E-state index in [0.29, 0.717) is 5.56 Å². The average Bonchev–Trinajstić information content (AvgIpc) is 3.06. The van der Waals surface area contributed by atoms with Gasteiger partial charge in [-0.2, -0.15) is 5.10 Å². The Labute approximate surface area is 156 Å². The second-order valence-corrected chi connectivity index (χ2v) is 6.39. The first-order chi connectivity index (χ1) is 13.2. The zero-order valence-electron chi connectivity index (χ0n) is 15.0. The van der Waals surface area contributed by atoms with E-state index < -0.39 is 5.97 Å². The van der Waals surface area contributed by atoms with Crippen LogP contribution in [0.25, 0.3) is 16.8 Å². The molecule has 0 bridgehead atoms. The van der Waals surface area contributed by atoms with Crippen LogP contribution in [0, 0.1) is 0 Å². The van der Waals surface area contributed by atoms with Crippen molar-refractivity contribution in [2.45, 2.75) is 19.8 Å². The maximum atomic E-state index is 11.5. The summed E-state index contributed by atoms with van der Waals surface area (Å²) in [4.78, 5) is 15.9. The van der Waals surface area contributed by atoms with Gasteiger partial charge in [0.15, 0.2) is 5.65 Å². The molecule has 0 spiro atoms. The minimum absolute atomic E-state index is 0.311. The summed E-state index contributed by atoms with van der Waals surface area (Å²) < 4.78 is 1.83. The molecule has 0 aliphatic heterocycles. The first-order valence-electron chi connectivity index (χ1n) is 8.90. The third-order valence-electron chi connectivity index (χ3n) is 4.71. The van der Waals surface area contributed by atoms with Gasteiger partial charge in [0, 0.05) is 24.4 Å². The van der Waals surface area contributed by atoms with Gasteiger partial charge >= 0.3 is 5.97 Å². The predicted octanol–water partition coefficient (Wildman–Crippen LogP) is 4.25. The third kappa shape index (κ3) is 3.19. The van der Waals surface area contributed by atoms with Gasteiger partial charge in [-0.3, -0.25) is 0 Å². The van der Waals surface area contributed by atoms with E-state index in [1.807, 2.05) is 53.2 Å². The van der Waals surface area contributed by atoms with E-state index in [0.717, 1.165) is 46.4 Å². The molecule has 0 aliphatic rings. The molecule has 0 aliphatic carbocycles. The van der Waals surface area contributed by atoms with Crippen LogP contribution in [0.3, 0.4) is 0 Å². The van der Waals surface area contributed by atoms with Crippen molar-refractivity contribution in [3.63, 3.8) is 0 Å². The van der Waals surface area contributed by atoms with E-state index in [-0.39, 0.29) is 0 Å². The quantitative estimate of drug-likeness (QED) is 0.580. The number of rotatable bonds is 5. The molecule has 0 amide bonds. The molecule has 5 nitrogen and oxygen atoms in total. The molecule has 4 aromatic rings. The number of fused-ring (bicyclic) bond motifs is 1. The molecular formula is C22H19N3O2. The van der Waals surface area contributed by atoms with Crippen molar-refractivity contribution in [3.05, 3.63) is 89.4 Å². The fourth-order valence-corrected chi connectivity index (χ4v) is 3.37. The summed E-state index contributed by atoms with van der Waals surface area (Å²) in [6.07, 6.45) is 5.29. The smallest absolute Gasteiger partial charge is 0.336 e. The number of carbonyl (C=O) groups is 1. The largest absolute Gasteiger partial charge is 0.478 e. The van der Waals surface area contributed by atoms with Gasteiger partial charge in [-0.05, 0) is 35.2 Å². The molecule has 4 rings (SSSR count). The fourth-order valence-electron chi connectivity index (χ4n) is 3.37. The van der Waals surface area contributed by atoms with Crippen LogP contribution in [-0.4, -0.2) is 25.7 Å². The van der Waals surface area contributed by atoms with Gasteiger partial charge in [0.05, 0.1) is 11.3 Å². The minimum atomic E-state index is -0.917. The summed E-state index contributed by atoms with van der Waals surface area (Å²) in [5, 5.41) is 14.0. The van der Waals surface area contributed by atoms with Crippen LogP contribution in [0.15, 0.2) is 67.0 Å². The molecule has 0 atom stereocenters. The lowest BCUT2D eigenvalue weighted by Gasteiger charge is -2.08. The number of aromatic nitrogens is 3. The highest BCUT2D eigenvalue weighted by Crippen LogP contribution is 2.25. The highest BCUT2D eigenvalue weighted by Gasteiger charge is 2.14. The summed E-state index contributed by atoms with van der Waals surface area (Å²) >= 11 is 0. The summed E-state index contributed by atoms with van der Waals surface area (Å²) in [5.41, 5.74) is 6.14. The van der Waals surface area contributed by atoms with Gasteiger partial charge in [0.2, 0.25) is 0 Å². The molecule has 2 heterocycles. The summed E-state index contributed by atoms with van der Waals surface area (Å²) in [5.74, 6) is -0.917. The van der Waals surface area contributed by atoms with Crippen LogP contribution >= 0.6 is 0 Å². The Morgan fingerprint density at radius 3 is 2.59 bits per heavy atom. The molecule has 2 aromatic carbocycles. The average molecular weight is 357 g/mol. The summed E-state index contributed by atoms with van der Waals surface area (Å²) in [6, 6.07) is 17.0. The van der Waals surface area contributed by atoms with E-state index in [9.17, 15) is 9.90 Å². The molecule has 0 saturated heterocycles. The Kier molecular flexibility index (Phi) is 4.42. The van der Waals surface area contributed by atoms with Crippen molar-refractivity contribution in [2.24, 2.45) is 0 Å². The molecule has 2 aromatic heterocycles. The number of benzene rings is 2. The minimum Gasteiger partial charge on any atom is -0.478 e. The van der Waals surface area contributed by atoms with Crippen LogP contribution in [0.5, 0.6) is 0 Å². The highest BCUT2D eigenvalue weighted by atomic mass is 16.4. The Morgan fingerprint density at radius 2 is 1.85 bits per heavy atom. The summed E-state index contributed by atoms with van der Waals surface area (Å²) in [7, 11) is 0. The third-order valence-corrected chi connectivity index (χ3v) is 4.71. The highest BCUT2D eigenvalue weighted by molar-refractivity contribution is 5.96. The van der Waals surface area contributed by atoms with Crippen molar-refractivity contribution in [3.8, 4) is 11.1 Å². The van der Waals surface area contributed by atoms with Crippen LogP contribution in [0.2, 0.25) is 0 Å². The van der Waals surface area contributed by atoms with Gasteiger partial charge in [-0.25, -0.2) is 14.3 Å². The molecule has 5 heteroatoms. The van der Waals surface area contributed by atoms with Gasteiger partial charge < -0.3 is 5.11 Å². The molecule has 27 heavy (non-hydrogen) atoms. The van der Waals surface area contributed by atoms with E-state index in [2.05, 4.69) is 17.0 Å². The van der Waals surface area contributed by atoms with Crippen LogP contribution in [-0.2, 0) is 12.8 Å². The molecule has 0 radical (unpaired) electrons. The van der Waals surface area contributed by atoms with Crippen LogP contribution < -0.4 is 0 Å². The zero-order chi connectivity index (χ0) is 18.8. The molecule has 0 unspecified atom stereocenters. The Balaban J connectivity index is 1.68. The Morgan fingerprint density at radius 1 is 1.07 bits per heavy atom. The predicted molar refractivity (Wildman–Crippen MR) is 104 cm³/mol. The van der Waals surface area contributed by atoms with Crippen molar-refractivity contribution in [1.29, 1.82) is 0 Å². The lowest BCUT2D eigenvalue weighted by atomic mass is 9.97. The van der Waals surface area contributed by atoms with Crippen LogP contribution in [0.4, 0.5) is 0 Å². The molecular weight excluding hydrogens is 338 g/mol. The van der Waals surface area contributed by atoms with Gasteiger partial charge in [0.25, 0.3) is 0 Å². The van der Waals surface area contributed by atoms with Gasteiger partial charge in [-0.1, -0.05) is 49.4 Å². The van der Waals surface area contributed by atoms with E-state index in [4.69, 9.17) is 0 Å². The zero-order valence-corrected chi connectivity index (χ0v) is 15.0. The van der Waals surface area contributed by atoms with Crippen molar-refractivity contribution < 1.29 is 9.90 Å². The Hall–Kier alpha value is -3.47. The first-order valence-corrected chi connectivity index (χ1v) is 8.90. The number of aromatic carboxylic acids is 1. The number of carboxylic acids is 1. The van der Waals surface area contributed by atoms with E-state index in [1.165, 1.54) is 0 Å². The van der Waals surface area contributed by atoms with Crippen LogP contribution in [0.1, 0.15) is 34.1 Å². The lowest BCUT2D eigenvalue weighted by molar-refractivity contribution is 0.0697. The summed E-state index contributed by atoms with van der Waals surface area (Å²) in [6.45, 7) is 2.09. The fraction of sp³-hybridized carbons (Fsp3) is 0.136. The molecule has 0 saturated carbocycles. The second-order valence-electron chi connectivity index (χ2n) is 6.39. The molecule has 134 valence electrons. The number of hydrogen-bond acceptors (Lipinski definition) is 3. The maximum Gasteiger partial charge on any atom is 0.336 e. The van der Waals surface area contributed by atoms with Gasteiger partial charge in [0.1, 0.15) is 0 Å². The number of hydrogen-bond donors (Lipinski definition) is 1. The van der Waals surface area contributed by atoms with E-state index in [1.54, 1.807) is 18.3 Å². The SMILES string of the molecule is CCc1nn2cccnc2c1Cc1ccc(-c2ccccc2C(=O)O)cc1. The topological polar surface area (TPSA) is 67.5 Å². The van der Waals surface area contributed by atoms with E-state index >= 15 is 0 Å². The maximum absolute atomic E-state index is 11.5. The first kappa shape index (κ1) is 17.0. The molecule has 1 N–H and O–H groups in total. The van der Waals surface area contributed by atoms with Crippen molar-refractivity contribution in [1.82, 2.24) is 14.6 Å². The van der Waals surface area contributed by atoms with Gasteiger partial charge in [-0.15, -0.1) is 0 Å². The second kappa shape index (κ2) is 7.03. The Bertz CT molecular complexity index is 1110. The van der Waals surface area contributed by atoms with Crippen molar-refractivity contribution in [2.75, 3.05) is 0 Å². The number of carboxylic acid groups (broad SMARTS) is 1. The lowest BCUT2D eigenvalue weighted by Crippen LogP contribution is -1.99. The number of nitrogens with zero attached hydrogens (tertiary/aromatic N) is 3.